The molecule has 2 amide bonds. The van der Waals surface area contributed by atoms with Gasteiger partial charge in [-0.2, -0.15) is 5.26 Å². The van der Waals surface area contributed by atoms with Crippen LogP contribution in [-0.4, -0.2) is 24.9 Å². The van der Waals surface area contributed by atoms with Gasteiger partial charge in [-0.05, 0) is 13.3 Å². The number of rotatable bonds is 6. The molecule has 0 radical (unpaired) electrons. The zero-order chi connectivity index (χ0) is 11.7. The summed E-state index contributed by atoms with van der Waals surface area (Å²) in [6.45, 7) is 4.18. The summed E-state index contributed by atoms with van der Waals surface area (Å²) in [5.74, 6) is -1.26. The number of amides is 2. The first kappa shape index (κ1) is 13.4. The van der Waals surface area contributed by atoms with Crippen molar-refractivity contribution in [2.24, 2.45) is 5.92 Å². The number of hydrogen-bond acceptors (Lipinski definition) is 3. The summed E-state index contributed by atoms with van der Waals surface area (Å²) >= 11 is 0. The molecule has 15 heavy (non-hydrogen) atoms. The molecular weight excluding hydrogens is 194 g/mol. The van der Waals surface area contributed by atoms with Crippen LogP contribution in [0.3, 0.4) is 0 Å². The van der Waals surface area contributed by atoms with E-state index in [1.807, 2.05) is 13.0 Å². The summed E-state index contributed by atoms with van der Waals surface area (Å²) in [5, 5.41) is 13.7. The number of carbonyl (C=O) groups is 2. The minimum absolute atomic E-state index is 0.0609. The molecule has 0 rings (SSSR count). The van der Waals surface area contributed by atoms with Gasteiger partial charge in [0.1, 0.15) is 5.92 Å². The molecule has 0 aliphatic heterocycles. The molecule has 0 aromatic heterocycles. The summed E-state index contributed by atoms with van der Waals surface area (Å²) in [6, 6.07) is 1.91. The average molecular weight is 211 g/mol. The van der Waals surface area contributed by atoms with Gasteiger partial charge in [0.05, 0.1) is 12.6 Å². The Balaban J connectivity index is 3.91. The molecule has 0 spiro atoms. The summed E-state index contributed by atoms with van der Waals surface area (Å²) < 4.78 is 0. The number of nitriles is 1. The fourth-order valence-corrected chi connectivity index (χ4v) is 1.09. The van der Waals surface area contributed by atoms with Gasteiger partial charge in [0.2, 0.25) is 11.8 Å². The first-order valence-corrected chi connectivity index (χ1v) is 5.09. The predicted molar refractivity (Wildman–Crippen MR) is 55.7 cm³/mol. The Bertz CT molecular complexity index is 258. The van der Waals surface area contributed by atoms with E-state index in [4.69, 9.17) is 5.26 Å². The number of hydrogen-bond donors (Lipinski definition) is 2. The van der Waals surface area contributed by atoms with Crippen LogP contribution in [0.1, 0.15) is 26.7 Å². The van der Waals surface area contributed by atoms with E-state index in [2.05, 4.69) is 10.6 Å². The molecule has 0 aromatic rings. The molecule has 0 aliphatic rings. The molecule has 0 aromatic carbocycles. The first-order chi connectivity index (χ1) is 7.15. The van der Waals surface area contributed by atoms with Crippen LogP contribution < -0.4 is 10.6 Å². The minimum Gasteiger partial charge on any atom is -0.355 e. The molecule has 0 fully saturated rings. The van der Waals surface area contributed by atoms with Gasteiger partial charge in [-0.25, -0.2) is 0 Å². The fourth-order valence-electron chi connectivity index (χ4n) is 1.09. The molecule has 0 saturated carbocycles. The number of carbonyl (C=O) groups excluding carboxylic acids is 2. The SMILES string of the molecule is CCCC(C#N)C(=O)NCC(=O)NCC. The molecule has 5 heteroatoms. The minimum atomic E-state index is -0.649. The van der Waals surface area contributed by atoms with E-state index >= 15 is 0 Å². The second-order valence-corrected chi connectivity index (χ2v) is 3.14. The van der Waals surface area contributed by atoms with E-state index in [1.54, 1.807) is 6.92 Å². The summed E-state index contributed by atoms with van der Waals surface area (Å²) in [4.78, 5) is 22.4. The summed E-state index contributed by atoms with van der Waals surface area (Å²) in [5.41, 5.74) is 0. The molecule has 84 valence electrons. The molecular formula is C10H17N3O2. The van der Waals surface area contributed by atoms with Crippen LogP contribution in [0.2, 0.25) is 0 Å². The Labute approximate surface area is 89.8 Å². The van der Waals surface area contributed by atoms with Crippen LogP contribution in [0.15, 0.2) is 0 Å². The maximum atomic E-state index is 11.4. The van der Waals surface area contributed by atoms with Crippen molar-refractivity contribution >= 4 is 11.8 Å². The standard InChI is InChI=1S/C10H17N3O2/c1-3-5-8(6-11)10(15)13-7-9(14)12-4-2/h8H,3-5,7H2,1-2H3,(H,12,14)(H,13,15). The highest BCUT2D eigenvalue weighted by molar-refractivity contribution is 5.86. The average Bonchev–Trinajstić information content (AvgIpc) is 2.23. The maximum absolute atomic E-state index is 11.4. The third-order valence-electron chi connectivity index (χ3n) is 1.85. The van der Waals surface area contributed by atoms with Crippen LogP contribution in [0.5, 0.6) is 0 Å². The Hall–Kier alpha value is -1.57. The third-order valence-corrected chi connectivity index (χ3v) is 1.85. The van der Waals surface area contributed by atoms with Crippen LogP contribution in [0.25, 0.3) is 0 Å². The number of nitrogens with one attached hydrogen (secondary N) is 2. The lowest BCUT2D eigenvalue weighted by Gasteiger charge is -2.08. The van der Waals surface area contributed by atoms with Crippen molar-refractivity contribution in [2.45, 2.75) is 26.7 Å². The molecule has 0 saturated heterocycles. The molecule has 0 aliphatic carbocycles. The van der Waals surface area contributed by atoms with E-state index in [0.29, 0.717) is 13.0 Å². The second kappa shape index (κ2) is 7.80. The molecule has 1 atom stereocenters. The van der Waals surface area contributed by atoms with Crippen LogP contribution in [0.4, 0.5) is 0 Å². The summed E-state index contributed by atoms with van der Waals surface area (Å²) in [6.07, 6.45) is 1.30. The van der Waals surface area contributed by atoms with Gasteiger partial charge >= 0.3 is 0 Å². The second-order valence-electron chi connectivity index (χ2n) is 3.14. The lowest BCUT2D eigenvalue weighted by molar-refractivity contribution is -0.127. The van der Waals surface area contributed by atoms with Crippen molar-refractivity contribution in [3.05, 3.63) is 0 Å². The fraction of sp³-hybridized carbons (Fsp3) is 0.700. The van der Waals surface area contributed by atoms with Crippen LogP contribution in [-0.2, 0) is 9.59 Å². The molecule has 1 unspecified atom stereocenters. The first-order valence-electron chi connectivity index (χ1n) is 5.09. The lowest BCUT2D eigenvalue weighted by Crippen LogP contribution is -2.39. The normalized spacial score (nSPS) is 11.3. The largest absolute Gasteiger partial charge is 0.355 e. The van der Waals surface area contributed by atoms with E-state index in [1.165, 1.54) is 0 Å². The zero-order valence-corrected chi connectivity index (χ0v) is 9.17. The smallest absolute Gasteiger partial charge is 0.239 e. The Morgan fingerprint density at radius 2 is 2.00 bits per heavy atom. The topological polar surface area (TPSA) is 82.0 Å². The molecule has 0 bridgehead atoms. The van der Waals surface area contributed by atoms with Crippen molar-refractivity contribution < 1.29 is 9.59 Å². The molecule has 2 N–H and O–H groups in total. The summed E-state index contributed by atoms with van der Waals surface area (Å²) in [7, 11) is 0. The zero-order valence-electron chi connectivity index (χ0n) is 9.17. The van der Waals surface area contributed by atoms with Crippen molar-refractivity contribution in [3.8, 4) is 6.07 Å². The Morgan fingerprint density at radius 1 is 1.33 bits per heavy atom. The molecule has 5 nitrogen and oxygen atoms in total. The highest BCUT2D eigenvalue weighted by Gasteiger charge is 2.16. The number of likely N-dealkylation sites (N-methyl/N-ethyl adjacent to an activating group) is 1. The number of nitrogens with zero attached hydrogens (tertiary/aromatic N) is 1. The van der Waals surface area contributed by atoms with E-state index in [9.17, 15) is 9.59 Å². The lowest BCUT2D eigenvalue weighted by atomic mass is 10.1. The predicted octanol–water partition coefficient (Wildman–Crippen LogP) is 0.179. The Morgan fingerprint density at radius 3 is 2.47 bits per heavy atom. The van der Waals surface area contributed by atoms with Gasteiger partial charge in [-0.3, -0.25) is 9.59 Å². The van der Waals surface area contributed by atoms with E-state index < -0.39 is 5.92 Å². The van der Waals surface area contributed by atoms with Crippen molar-refractivity contribution in [1.29, 1.82) is 5.26 Å². The quantitative estimate of drug-likeness (QED) is 0.657. The van der Waals surface area contributed by atoms with Gasteiger partial charge in [0.25, 0.3) is 0 Å². The monoisotopic (exact) mass is 211 g/mol. The van der Waals surface area contributed by atoms with Gasteiger partial charge in [-0.15, -0.1) is 0 Å². The van der Waals surface area contributed by atoms with E-state index in [0.717, 1.165) is 6.42 Å². The van der Waals surface area contributed by atoms with Gasteiger partial charge < -0.3 is 10.6 Å². The van der Waals surface area contributed by atoms with Crippen molar-refractivity contribution in [3.63, 3.8) is 0 Å². The van der Waals surface area contributed by atoms with Crippen molar-refractivity contribution in [1.82, 2.24) is 10.6 Å². The van der Waals surface area contributed by atoms with Crippen LogP contribution in [0, 0.1) is 17.2 Å². The van der Waals surface area contributed by atoms with Gasteiger partial charge in [0.15, 0.2) is 0 Å². The Kier molecular flexibility index (Phi) is 6.98. The van der Waals surface area contributed by atoms with Gasteiger partial charge in [-0.1, -0.05) is 13.3 Å². The highest BCUT2D eigenvalue weighted by Crippen LogP contribution is 2.04. The highest BCUT2D eigenvalue weighted by atomic mass is 16.2. The van der Waals surface area contributed by atoms with Gasteiger partial charge in [0, 0.05) is 6.54 Å². The molecule has 0 heterocycles. The third kappa shape index (κ3) is 5.68. The van der Waals surface area contributed by atoms with Crippen molar-refractivity contribution in [2.75, 3.05) is 13.1 Å². The van der Waals surface area contributed by atoms with E-state index in [-0.39, 0.29) is 18.4 Å². The maximum Gasteiger partial charge on any atom is 0.239 e. The van der Waals surface area contributed by atoms with Crippen LogP contribution >= 0.6 is 0 Å².